The van der Waals surface area contributed by atoms with Crippen molar-refractivity contribution in [1.82, 2.24) is 0 Å². The molecule has 1 rings (SSSR count). The Morgan fingerprint density at radius 1 is 1.53 bits per heavy atom. The summed E-state index contributed by atoms with van der Waals surface area (Å²) in [6.45, 7) is 2.67. The van der Waals surface area contributed by atoms with Crippen molar-refractivity contribution in [2.45, 2.75) is 13.3 Å². The van der Waals surface area contributed by atoms with Gasteiger partial charge in [0.15, 0.2) is 0 Å². The zero-order chi connectivity index (χ0) is 11.3. The Bertz CT molecular complexity index is 352. The van der Waals surface area contributed by atoms with Gasteiger partial charge in [0.2, 0.25) is 0 Å². The normalized spacial score (nSPS) is 10.1. The van der Waals surface area contributed by atoms with Crippen molar-refractivity contribution < 1.29 is 9.53 Å². The van der Waals surface area contributed by atoms with Crippen LogP contribution in [0.4, 0.5) is 0 Å². The van der Waals surface area contributed by atoms with Crippen LogP contribution in [0.5, 0.6) is 0 Å². The largest absolute Gasteiger partial charge is 0.462 e. The van der Waals surface area contributed by atoms with Gasteiger partial charge >= 0.3 is 5.97 Å². The minimum atomic E-state index is -0.387. The number of rotatable bonds is 4. The molecule has 0 radical (unpaired) electrons. The summed E-state index contributed by atoms with van der Waals surface area (Å²) in [5.41, 5.74) is 6.85. The quantitative estimate of drug-likeness (QED) is 0.801. The number of nitrogens with two attached hydrogens (primary N) is 1. The fraction of sp³-hybridized carbons (Fsp3) is 0.364. The monoisotopic (exact) mass is 227 g/mol. The van der Waals surface area contributed by atoms with E-state index < -0.39 is 0 Å². The van der Waals surface area contributed by atoms with Gasteiger partial charge in [0.25, 0.3) is 0 Å². The SMILES string of the molecule is CCOC(=O)c1ccc(CCN)cc1Cl. The highest BCUT2D eigenvalue weighted by molar-refractivity contribution is 6.33. The van der Waals surface area contributed by atoms with Crippen LogP contribution >= 0.6 is 11.6 Å². The smallest absolute Gasteiger partial charge is 0.339 e. The lowest BCUT2D eigenvalue weighted by Gasteiger charge is -2.05. The molecule has 0 bridgehead atoms. The number of benzene rings is 1. The van der Waals surface area contributed by atoms with Gasteiger partial charge in [-0.1, -0.05) is 17.7 Å². The summed E-state index contributed by atoms with van der Waals surface area (Å²) in [6, 6.07) is 5.26. The first-order valence-electron chi connectivity index (χ1n) is 4.84. The van der Waals surface area contributed by atoms with Gasteiger partial charge in [-0.3, -0.25) is 0 Å². The van der Waals surface area contributed by atoms with Crippen LogP contribution in [0.25, 0.3) is 0 Å². The second kappa shape index (κ2) is 5.73. The molecule has 15 heavy (non-hydrogen) atoms. The third-order valence-electron chi connectivity index (χ3n) is 1.96. The average Bonchev–Trinajstić information content (AvgIpc) is 2.18. The first-order valence-corrected chi connectivity index (χ1v) is 5.22. The molecule has 0 fully saturated rings. The molecule has 0 spiro atoms. The second-order valence-electron chi connectivity index (χ2n) is 3.07. The van der Waals surface area contributed by atoms with Crippen molar-refractivity contribution in [3.05, 3.63) is 34.3 Å². The summed E-state index contributed by atoms with van der Waals surface area (Å²) in [4.78, 5) is 11.4. The van der Waals surface area contributed by atoms with E-state index in [1.54, 1.807) is 19.1 Å². The third kappa shape index (κ3) is 3.22. The van der Waals surface area contributed by atoms with E-state index in [1.165, 1.54) is 0 Å². The molecule has 0 saturated heterocycles. The molecule has 82 valence electrons. The van der Waals surface area contributed by atoms with E-state index in [2.05, 4.69) is 0 Å². The molecule has 3 nitrogen and oxygen atoms in total. The Labute approximate surface area is 94.2 Å². The number of esters is 1. The number of carbonyl (C=O) groups is 1. The van der Waals surface area contributed by atoms with E-state index in [9.17, 15) is 4.79 Å². The third-order valence-corrected chi connectivity index (χ3v) is 2.27. The maximum Gasteiger partial charge on any atom is 0.339 e. The van der Waals surface area contributed by atoms with Gasteiger partial charge < -0.3 is 10.5 Å². The zero-order valence-electron chi connectivity index (χ0n) is 8.63. The number of hydrogen-bond acceptors (Lipinski definition) is 3. The second-order valence-corrected chi connectivity index (χ2v) is 3.48. The van der Waals surface area contributed by atoms with Crippen molar-refractivity contribution in [2.75, 3.05) is 13.2 Å². The van der Waals surface area contributed by atoms with Crippen LogP contribution in [0.15, 0.2) is 18.2 Å². The highest BCUT2D eigenvalue weighted by atomic mass is 35.5. The fourth-order valence-electron chi connectivity index (χ4n) is 1.26. The van der Waals surface area contributed by atoms with E-state index in [0.29, 0.717) is 23.7 Å². The van der Waals surface area contributed by atoms with Crippen LogP contribution in [0.3, 0.4) is 0 Å². The van der Waals surface area contributed by atoms with Gasteiger partial charge in [-0.15, -0.1) is 0 Å². The van der Waals surface area contributed by atoms with E-state index in [0.717, 1.165) is 12.0 Å². The molecular formula is C11H14ClNO2. The van der Waals surface area contributed by atoms with Gasteiger partial charge in [-0.25, -0.2) is 4.79 Å². The Kier molecular flexibility index (Phi) is 4.59. The molecule has 2 N–H and O–H groups in total. The molecule has 0 atom stereocenters. The maximum atomic E-state index is 11.4. The maximum absolute atomic E-state index is 11.4. The Balaban J connectivity index is 2.87. The minimum Gasteiger partial charge on any atom is -0.462 e. The Morgan fingerprint density at radius 2 is 2.27 bits per heavy atom. The highest BCUT2D eigenvalue weighted by Gasteiger charge is 2.11. The Hall–Kier alpha value is -1.06. The summed E-state index contributed by atoms with van der Waals surface area (Å²) in [7, 11) is 0. The average molecular weight is 228 g/mol. The van der Waals surface area contributed by atoms with Gasteiger partial charge in [0, 0.05) is 0 Å². The molecule has 1 aromatic rings. The molecule has 4 heteroatoms. The van der Waals surface area contributed by atoms with Crippen LogP contribution in [0.2, 0.25) is 5.02 Å². The van der Waals surface area contributed by atoms with Crippen molar-refractivity contribution in [2.24, 2.45) is 5.73 Å². The van der Waals surface area contributed by atoms with E-state index in [-0.39, 0.29) is 5.97 Å². The number of halogens is 1. The topological polar surface area (TPSA) is 52.3 Å². The van der Waals surface area contributed by atoms with Crippen molar-refractivity contribution in [1.29, 1.82) is 0 Å². The van der Waals surface area contributed by atoms with Crippen molar-refractivity contribution in [3.8, 4) is 0 Å². The van der Waals surface area contributed by atoms with Crippen molar-refractivity contribution in [3.63, 3.8) is 0 Å². The van der Waals surface area contributed by atoms with Crippen LogP contribution in [0, 0.1) is 0 Å². The van der Waals surface area contributed by atoms with Crippen LogP contribution in [-0.4, -0.2) is 19.1 Å². The summed E-state index contributed by atoms with van der Waals surface area (Å²) in [5.74, 6) is -0.387. The summed E-state index contributed by atoms with van der Waals surface area (Å²) >= 11 is 5.95. The lowest BCUT2D eigenvalue weighted by Crippen LogP contribution is -2.07. The Morgan fingerprint density at radius 3 is 2.80 bits per heavy atom. The van der Waals surface area contributed by atoms with Gasteiger partial charge in [-0.05, 0) is 37.6 Å². The molecule has 0 amide bonds. The molecule has 0 heterocycles. The molecule has 0 aliphatic rings. The molecular weight excluding hydrogens is 214 g/mol. The molecule has 0 unspecified atom stereocenters. The summed E-state index contributed by atoms with van der Waals surface area (Å²) < 4.78 is 4.86. The fourth-order valence-corrected chi connectivity index (χ4v) is 1.54. The number of ether oxygens (including phenoxy) is 1. The minimum absolute atomic E-state index is 0.347. The van der Waals surface area contributed by atoms with Gasteiger partial charge in [0.1, 0.15) is 0 Å². The summed E-state index contributed by atoms with van der Waals surface area (Å²) in [6.07, 6.45) is 0.753. The lowest BCUT2D eigenvalue weighted by molar-refractivity contribution is 0.0526. The first-order chi connectivity index (χ1) is 7.19. The first kappa shape index (κ1) is 12.0. The van der Waals surface area contributed by atoms with E-state index >= 15 is 0 Å². The molecule has 0 saturated carbocycles. The van der Waals surface area contributed by atoms with Crippen LogP contribution < -0.4 is 5.73 Å². The molecule has 0 aliphatic carbocycles. The van der Waals surface area contributed by atoms with Crippen molar-refractivity contribution >= 4 is 17.6 Å². The lowest BCUT2D eigenvalue weighted by atomic mass is 10.1. The van der Waals surface area contributed by atoms with Gasteiger partial charge in [0.05, 0.1) is 17.2 Å². The van der Waals surface area contributed by atoms with Gasteiger partial charge in [-0.2, -0.15) is 0 Å². The predicted octanol–water partition coefficient (Wildman–Crippen LogP) is 2.02. The van der Waals surface area contributed by atoms with Crippen LogP contribution in [0.1, 0.15) is 22.8 Å². The highest BCUT2D eigenvalue weighted by Crippen LogP contribution is 2.19. The molecule has 0 aliphatic heterocycles. The zero-order valence-corrected chi connectivity index (χ0v) is 9.38. The molecule has 0 aromatic heterocycles. The predicted molar refractivity (Wildman–Crippen MR) is 60.2 cm³/mol. The molecule has 1 aromatic carbocycles. The van der Waals surface area contributed by atoms with E-state index in [4.69, 9.17) is 22.1 Å². The van der Waals surface area contributed by atoms with E-state index in [1.807, 2.05) is 6.07 Å². The standard InChI is InChI=1S/C11H14ClNO2/c1-2-15-11(14)9-4-3-8(5-6-13)7-10(9)12/h3-4,7H,2,5-6,13H2,1H3. The number of carbonyl (C=O) groups excluding carboxylic acids is 1. The van der Waals surface area contributed by atoms with Crippen LogP contribution in [-0.2, 0) is 11.2 Å². The number of hydrogen-bond donors (Lipinski definition) is 1. The summed E-state index contributed by atoms with van der Waals surface area (Å²) in [5, 5.41) is 0.416.